The zero-order chi connectivity index (χ0) is 16.8. The van der Waals surface area contributed by atoms with Crippen LogP contribution in [0.3, 0.4) is 0 Å². The van der Waals surface area contributed by atoms with Gasteiger partial charge >= 0.3 is 0 Å². The summed E-state index contributed by atoms with van der Waals surface area (Å²) in [5, 5.41) is 12.7. The third kappa shape index (κ3) is 3.70. The van der Waals surface area contributed by atoms with E-state index >= 15 is 0 Å². The molecule has 0 heterocycles. The van der Waals surface area contributed by atoms with Crippen molar-refractivity contribution in [3.8, 4) is 6.07 Å². The first-order valence-electron chi connectivity index (χ1n) is 7.80. The van der Waals surface area contributed by atoms with Gasteiger partial charge in [-0.1, -0.05) is 56.5 Å². The first kappa shape index (κ1) is 16.6. The van der Waals surface area contributed by atoms with Crippen molar-refractivity contribution in [1.29, 1.82) is 5.26 Å². The van der Waals surface area contributed by atoms with Crippen molar-refractivity contribution in [3.05, 3.63) is 77.9 Å². The van der Waals surface area contributed by atoms with Gasteiger partial charge in [0.1, 0.15) is 0 Å². The van der Waals surface area contributed by atoms with Crippen molar-refractivity contribution in [1.82, 2.24) is 0 Å². The van der Waals surface area contributed by atoms with E-state index in [0.717, 1.165) is 39.9 Å². The summed E-state index contributed by atoms with van der Waals surface area (Å²) >= 11 is 0. The van der Waals surface area contributed by atoms with Crippen LogP contribution in [0.1, 0.15) is 36.1 Å². The zero-order valence-corrected chi connectivity index (χ0v) is 13.8. The third-order valence-electron chi connectivity index (χ3n) is 4.04. The fraction of sp³-hybridized carbons (Fsp3) is 0.190. The minimum atomic E-state index is 0.0510. The molecule has 2 rings (SSSR count). The number of hydrogen-bond acceptors (Lipinski definition) is 2. The molecule has 2 aromatic carbocycles. The van der Waals surface area contributed by atoms with Crippen LogP contribution in [0.15, 0.2) is 55.6 Å². The summed E-state index contributed by atoms with van der Waals surface area (Å²) in [6.07, 6.45) is 2.70. The highest BCUT2D eigenvalue weighted by Gasteiger charge is 2.12. The summed E-state index contributed by atoms with van der Waals surface area (Å²) < 4.78 is 0. The molecule has 0 aromatic heterocycles. The minimum Gasteiger partial charge on any atom is -0.378 e. The van der Waals surface area contributed by atoms with E-state index in [9.17, 15) is 5.26 Å². The molecule has 0 saturated carbocycles. The van der Waals surface area contributed by atoms with E-state index in [-0.39, 0.29) is 6.04 Å². The van der Waals surface area contributed by atoms with E-state index in [1.807, 2.05) is 42.5 Å². The molecule has 0 fully saturated rings. The molecule has 1 atom stereocenters. The second-order valence-electron chi connectivity index (χ2n) is 5.52. The van der Waals surface area contributed by atoms with Crippen LogP contribution in [-0.4, -0.2) is 6.04 Å². The number of anilines is 1. The molecule has 0 spiro atoms. The van der Waals surface area contributed by atoms with E-state index in [2.05, 4.69) is 44.5 Å². The van der Waals surface area contributed by atoms with Gasteiger partial charge in [0, 0.05) is 11.7 Å². The zero-order valence-electron chi connectivity index (χ0n) is 13.8. The Morgan fingerprint density at radius 2 is 2.04 bits per heavy atom. The number of rotatable bonds is 6. The molecule has 0 bridgehead atoms. The van der Waals surface area contributed by atoms with E-state index in [4.69, 9.17) is 0 Å². The SMILES string of the molecule is C=Cc1ccccc1C(=C)C(C)Nc1ccc(CC)c(C#N)c1. The van der Waals surface area contributed by atoms with Crippen LogP contribution in [0.25, 0.3) is 11.6 Å². The highest BCUT2D eigenvalue weighted by atomic mass is 14.9. The molecule has 0 aliphatic rings. The highest BCUT2D eigenvalue weighted by molar-refractivity contribution is 5.77. The van der Waals surface area contributed by atoms with Crippen molar-refractivity contribution in [2.45, 2.75) is 26.3 Å². The Morgan fingerprint density at radius 3 is 2.70 bits per heavy atom. The lowest BCUT2D eigenvalue weighted by molar-refractivity contribution is 1.02. The van der Waals surface area contributed by atoms with Gasteiger partial charge in [0.2, 0.25) is 0 Å². The fourth-order valence-electron chi connectivity index (χ4n) is 2.62. The lowest BCUT2D eigenvalue weighted by Crippen LogP contribution is -2.17. The van der Waals surface area contributed by atoms with Crippen molar-refractivity contribution < 1.29 is 0 Å². The minimum absolute atomic E-state index is 0.0510. The summed E-state index contributed by atoms with van der Waals surface area (Å²) in [4.78, 5) is 0. The lowest BCUT2D eigenvalue weighted by atomic mass is 9.96. The molecule has 1 N–H and O–H groups in total. The molecule has 0 aliphatic heterocycles. The molecule has 23 heavy (non-hydrogen) atoms. The number of aryl methyl sites for hydroxylation is 1. The van der Waals surface area contributed by atoms with Gasteiger partial charge < -0.3 is 5.32 Å². The summed E-state index contributed by atoms with van der Waals surface area (Å²) in [6.45, 7) is 12.2. The van der Waals surface area contributed by atoms with Gasteiger partial charge in [-0.3, -0.25) is 0 Å². The predicted molar refractivity (Wildman–Crippen MR) is 99.2 cm³/mol. The van der Waals surface area contributed by atoms with Crippen LogP contribution < -0.4 is 5.32 Å². The van der Waals surface area contributed by atoms with E-state index in [0.29, 0.717) is 0 Å². The van der Waals surface area contributed by atoms with Gasteiger partial charge in [0.15, 0.2) is 0 Å². The van der Waals surface area contributed by atoms with Gasteiger partial charge in [0.05, 0.1) is 11.6 Å². The Labute approximate surface area is 138 Å². The number of hydrogen-bond donors (Lipinski definition) is 1. The Balaban J connectivity index is 2.22. The molecule has 0 aliphatic carbocycles. The van der Waals surface area contributed by atoms with Crippen LogP contribution >= 0.6 is 0 Å². The molecule has 2 nitrogen and oxygen atoms in total. The van der Waals surface area contributed by atoms with E-state index < -0.39 is 0 Å². The topological polar surface area (TPSA) is 35.8 Å². The van der Waals surface area contributed by atoms with Crippen LogP contribution in [0.2, 0.25) is 0 Å². The number of nitrogens with zero attached hydrogens (tertiary/aromatic N) is 1. The number of nitrogens with one attached hydrogen (secondary N) is 1. The van der Waals surface area contributed by atoms with Gasteiger partial charge in [0.25, 0.3) is 0 Å². The summed E-state index contributed by atoms with van der Waals surface area (Å²) in [7, 11) is 0. The Kier molecular flexibility index (Phi) is 5.38. The second-order valence-corrected chi connectivity index (χ2v) is 5.52. The molecule has 2 heteroatoms. The van der Waals surface area contributed by atoms with Crippen LogP contribution in [-0.2, 0) is 6.42 Å². The smallest absolute Gasteiger partial charge is 0.0995 e. The van der Waals surface area contributed by atoms with E-state index in [1.54, 1.807) is 0 Å². The van der Waals surface area contributed by atoms with Crippen LogP contribution in [0.5, 0.6) is 0 Å². The maximum absolute atomic E-state index is 9.26. The van der Waals surface area contributed by atoms with Crippen molar-refractivity contribution in [3.63, 3.8) is 0 Å². The van der Waals surface area contributed by atoms with Gasteiger partial charge in [-0.2, -0.15) is 5.26 Å². The first-order chi connectivity index (χ1) is 11.1. The first-order valence-corrected chi connectivity index (χ1v) is 7.80. The third-order valence-corrected chi connectivity index (χ3v) is 4.04. The van der Waals surface area contributed by atoms with Gasteiger partial charge in [-0.25, -0.2) is 0 Å². The average Bonchev–Trinajstić information content (AvgIpc) is 2.60. The standard InChI is InChI=1S/C21H22N2/c1-5-17-11-12-20(13-19(17)14-22)23-16(4)15(3)21-10-8-7-9-18(21)6-2/h6-13,16,23H,2-3,5H2,1,4H3. The molecular weight excluding hydrogens is 280 g/mol. The molecule has 0 amide bonds. The quantitative estimate of drug-likeness (QED) is 0.788. The second kappa shape index (κ2) is 7.47. The average molecular weight is 302 g/mol. The molecule has 2 aromatic rings. The maximum Gasteiger partial charge on any atom is 0.0995 e. The summed E-state index contributed by atoms with van der Waals surface area (Å²) in [6, 6.07) is 16.3. The van der Waals surface area contributed by atoms with Crippen LogP contribution in [0, 0.1) is 11.3 Å². The molecule has 0 radical (unpaired) electrons. The normalized spacial score (nSPS) is 11.3. The Hall–Kier alpha value is -2.79. The van der Waals surface area contributed by atoms with Gasteiger partial charge in [-0.05, 0) is 47.7 Å². The fourth-order valence-corrected chi connectivity index (χ4v) is 2.62. The number of nitriles is 1. The van der Waals surface area contributed by atoms with Crippen LogP contribution in [0.4, 0.5) is 5.69 Å². The Bertz CT molecular complexity index is 766. The predicted octanol–water partition coefficient (Wildman–Crippen LogP) is 5.28. The van der Waals surface area contributed by atoms with Crippen molar-refractivity contribution in [2.75, 3.05) is 5.32 Å². The monoisotopic (exact) mass is 302 g/mol. The van der Waals surface area contributed by atoms with Crippen molar-refractivity contribution in [2.24, 2.45) is 0 Å². The largest absolute Gasteiger partial charge is 0.378 e. The van der Waals surface area contributed by atoms with Crippen molar-refractivity contribution >= 4 is 17.3 Å². The Morgan fingerprint density at radius 1 is 1.30 bits per heavy atom. The summed E-state index contributed by atoms with van der Waals surface area (Å²) in [5.41, 5.74) is 5.89. The molecule has 0 saturated heterocycles. The van der Waals surface area contributed by atoms with E-state index in [1.165, 1.54) is 0 Å². The van der Waals surface area contributed by atoms with Gasteiger partial charge in [-0.15, -0.1) is 0 Å². The molecule has 1 unspecified atom stereocenters. The maximum atomic E-state index is 9.26. The summed E-state index contributed by atoms with van der Waals surface area (Å²) in [5.74, 6) is 0. The molecule has 116 valence electrons. The number of benzene rings is 2. The lowest BCUT2D eigenvalue weighted by Gasteiger charge is -2.20. The molecular formula is C21H22N2. The highest BCUT2D eigenvalue weighted by Crippen LogP contribution is 2.25.